The van der Waals surface area contributed by atoms with Crippen LogP contribution in [-0.4, -0.2) is 72.1 Å². The van der Waals surface area contributed by atoms with Crippen molar-refractivity contribution in [3.8, 4) is 0 Å². The first kappa shape index (κ1) is 24.8. The van der Waals surface area contributed by atoms with E-state index in [9.17, 15) is 4.79 Å². The Bertz CT molecular complexity index is 313. The molecule has 0 fully saturated rings. The van der Waals surface area contributed by atoms with E-state index in [1.165, 1.54) is 6.08 Å². The summed E-state index contributed by atoms with van der Waals surface area (Å²) in [7, 11) is 3.87. The molecule has 0 aromatic rings. The van der Waals surface area contributed by atoms with E-state index < -0.39 is 17.4 Å². The summed E-state index contributed by atoms with van der Waals surface area (Å²) in [6.45, 7) is 3.14. The van der Waals surface area contributed by atoms with Crippen molar-refractivity contribution < 1.29 is 26.9 Å². The van der Waals surface area contributed by atoms with Gasteiger partial charge in [-0.05, 0) is 32.0 Å². The molecule has 10 heteroatoms. The molecule has 0 spiro atoms. The summed E-state index contributed by atoms with van der Waals surface area (Å²) in [6, 6.07) is 1.64. The molecule has 23 heavy (non-hydrogen) atoms. The highest BCUT2D eigenvalue weighted by Gasteiger charge is 2.36. The summed E-state index contributed by atoms with van der Waals surface area (Å²) in [5.74, 6) is 0. The average molecular weight is 369 g/mol. The van der Waals surface area contributed by atoms with E-state index in [1.54, 1.807) is 35.5 Å². The number of rotatable bonds is 12. The predicted molar refractivity (Wildman–Crippen MR) is 93.3 cm³/mol. The summed E-state index contributed by atoms with van der Waals surface area (Å²) in [5, 5.41) is 0. The van der Waals surface area contributed by atoms with Crippen LogP contribution in [0.15, 0.2) is 4.99 Å². The van der Waals surface area contributed by atoms with Crippen LogP contribution >= 0.6 is 0 Å². The molecule has 0 unspecified atom stereocenters. The van der Waals surface area contributed by atoms with Crippen molar-refractivity contribution in [1.29, 1.82) is 0 Å². The normalized spacial score (nSPS) is 11.4. The monoisotopic (exact) mass is 368 g/mol. The fraction of sp³-hybridized carbons (Fsp3) is 0.923. The summed E-state index contributed by atoms with van der Waals surface area (Å²) in [5.41, 5.74) is 5.36. The van der Waals surface area contributed by atoms with Crippen molar-refractivity contribution in [2.75, 3.05) is 48.6 Å². The number of aliphatic imine (C=N–C) groups is 1. The Morgan fingerprint density at radius 3 is 1.78 bits per heavy atom. The maximum absolute atomic E-state index is 9.73. The Morgan fingerprint density at radius 2 is 1.43 bits per heavy atom. The van der Waals surface area contributed by atoms with Crippen LogP contribution in [0.1, 0.15) is 12.8 Å². The molecule has 0 rings (SSSR count). The number of nitrogens with two attached hydrogens (primary N) is 1. The second kappa shape index (κ2) is 15.1. The Labute approximate surface area is 141 Å². The lowest BCUT2D eigenvalue weighted by Gasteiger charge is -2.23. The van der Waals surface area contributed by atoms with Gasteiger partial charge >= 0.3 is 17.4 Å². The highest BCUT2D eigenvalue weighted by atomic mass is 28.4. The molecule has 0 aromatic carbocycles. The number of hydrogen-bond donors (Lipinski definition) is 1. The van der Waals surface area contributed by atoms with E-state index in [4.69, 9.17) is 27.9 Å². The zero-order chi connectivity index (χ0) is 18.2. The molecule has 0 atom stereocenters. The van der Waals surface area contributed by atoms with Gasteiger partial charge < -0.3 is 27.9 Å². The van der Waals surface area contributed by atoms with Crippen LogP contribution in [0, 0.1) is 0 Å². The number of isocyanates is 1. The maximum atomic E-state index is 9.73. The second-order valence-electron chi connectivity index (χ2n) is 4.81. The fourth-order valence-corrected chi connectivity index (χ4v) is 4.81. The third-order valence-electron chi connectivity index (χ3n) is 3.45. The highest BCUT2D eigenvalue weighted by Crippen LogP contribution is 2.14. The van der Waals surface area contributed by atoms with Gasteiger partial charge in [-0.2, -0.15) is 0 Å². The molecular formula is C13H32N2O6Si2. The molecule has 0 aliphatic heterocycles. The lowest BCUT2D eigenvalue weighted by Crippen LogP contribution is -2.42. The van der Waals surface area contributed by atoms with E-state index in [0.29, 0.717) is 13.1 Å². The second-order valence-corrected chi connectivity index (χ2v) is 11.5. The summed E-state index contributed by atoms with van der Waals surface area (Å²) in [4.78, 5) is 13.2. The number of nitrogens with zero attached hydrogens (tertiary/aromatic N) is 1. The maximum Gasteiger partial charge on any atom is 0.500 e. The first-order valence-corrected chi connectivity index (χ1v) is 11.9. The highest BCUT2D eigenvalue weighted by molar-refractivity contribution is 6.65. The van der Waals surface area contributed by atoms with Gasteiger partial charge in [0, 0.05) is 41.6 Å². The number of hydrogen-bond acceptors (Lipinski definition) is 8. The van der Waals surface area contributed by atoms with Gasteiger partial charge in [-0.15, -0.1) is 0 Å². The lowest BCUT2D eigenvalue weighted by molar-refractivity contribution is 0.123. The molecule has 0 saturated heterocycles. The first-order valence-electron chi connectivity index (χ1n) is 7.42. The van der Waals surface area contributed by atoms with Crippen LogP contribution in [-0.2, 0) is 26.9 Å². The molecule has 0 aromatic heterocycles. The van der Waals surface area contributed by atoms with Gasteiger partial charge in [0.15, 0.2) is 0 Å². The minimum absolute atomic E-state index is 0.513. The van der Waals surface area contributed by atoms with Crippen molar-refractivity contribution in [2.45, 2.75) is 31.5 Å². The summed E-state index contributed by atoms with van der Waals surface area (Å²) < 4.78 is 26.0. The third-order valence-corrected chi connectivity index (χ3v) is 9.27. The van der Waals surface area contributed by atoms with Gasteiger partial charge in [0.05, 0.1) is 6.54 Å². The Hall–Kier alpha value is -0.426. The quantitative estimate of drug-likeness (QED) is 0.240. The topological polar surface area (TPSA) is 102 Å². The molecule has 0 radical (unpaired) electrons. The van der Waals surface area contributed by atoms with Gasteiger partial charge in [0.2, 0.25) is 6.08 Å². The van der Waals surface area contributed by atoms with Gasteiger partial charge in [0.1, 0.15) is 0 Å². The average Bonchev–Trinajstić information content (AvgIpc) is 2.61. The van der Waals surface area contributed by atoms with Crippen LogP contribution in [0.2, 0.25) is 18.6 Å². The zero-order valence-corrected chi connectivity index (χ0v) is 17.2. The van der Waals surface area contributed by atoms with E-state index in [2.05, 4.69) is 4.99 Å². The molecule has 0 aliphatic carbocycles. The van der Waals surface area contributed by atoms with Gasteiger partial charge in [-0.3, -0.25) is 0 Å². The van der Waals surface area contributed by atoms with E-state index in [1.807, 2.05) is 6.55 Å². The van der Waals surface area contributed by atoms with Crippen molar-refractivity contribution in [3.05, 3.63) is 0 Å². The minimum Gasteiger partial charge on any atom is -0.398 e. The largest absolute Gasteiger partial charge is 0.500 e. The van der Waals surface area contributed by atoms with Crippen LogP contribution in [0.5, 0.6) is 0 Å². The predicted octanol–water partition coefficient (Wildman–Crippen LogP) is 1.29. The van der Waals surface area contributed by atoms with E-state index in [-0.39, 0.29) is 0 Å². The molecule has 0 saturated carbocycles. The van der Waals surface area contributed by atoms with Crippen LogP contribution in [0.4, 0.5) is 0 Å². The first-order chi connectivity index (χ1) is 10.9. The Balaban J connectivity index is 0. The zero-order valence-electron chi connectivity index (χ0n) is 15.2. The Morgan fingerprint density at radius 1 is 0.913 bits per heavy atom. The van der Waals surface area contributed by atoms with Crippen molar-refractivity contribution in [3.63, 3.8) is 0 Å². The Kier molecular flexibility index (Phi) is 16.3. The lowest BCUT2D eigenvalue weighted by atomic mass is 10.5. The van der Waals surface area contributed by atoms with Gasteiger partial charge in [-0.25, -0.2) is 9.79 Å². The summed E-state index contributed by atoms with van der Waals surface area (Å²) in [6.07, 6.45) is 3.19. The van der Waals surface area contributed by atoms with Crippen molar-refractivity contribution in [2.24, 2.45) is 10.7 Å². The molecule has 0 amide bonds. The van der Waals surface area contributed by atoms with Crippen LogP contribution in [0.25, 0.3) is 0 Å². The van der Waals surface area contributed by atoms with Crippen molar-refractivity contribution >= 4 is 23.4 Å². The molecule has 0 aliphatic rings. The van der Waals surface area contributed by atoms with Crippen molar-refractivity contribution in [1.82, 2.24) is 0 Å². The molecule has 8 nitrogen and oxygen atoms in total. The van der Waals surface area contributed by atoms with Gasteiger partial charge in [-0.1, -0.05) is 0 Å². The summed E-state index contributed by atoms with van der Waals surface area (Å²) >= 11 is 0. The molecule has 0 heterocycles. The third kappa shape index (κ3) is 11.7. The van der Waals surface area contributed by atoms with Crippen LogP contribution < -0.4 is 5.73 Å². The van der Waals surface area contributed by atoms with E-state index >= 15 is 0 Å². The molecule has 138 valence electrons. The number of carbonyl (C=O) groups excluding carboxylic acids is 1. The fourth-order valence-electron chi connectivity index (χ4n) is 1.69. The van der Waals surface area contributed by atoms with Crippen LogP contribution in [0.3, 0.4) is 0 Å². The van der Waals surface area contributed by atoms with E-state index in [0.717, 1.165) is 24.9 Å². The molecule has 0 bridgehead atoms. The molecule has 2 N–H and O–H groups in total. The SMILES string of the molecule is CO[Si](C)(CCCN=C=O)OC.CO[Si](CCCN)(OC)OC. The minimum atomic E-state index is -2.32. The smallest absolute Gasteiger partial charge is 0.398 e. The van der Waals surface area contributed by atoms with Gasteiger partial charge in [0.25, 0.3) is 0 Å². The molecular weight excluding hydrogens is 336 g/mol. The standard InChI is InChI=1S/C7H15NO3Si.C6H17NO3Si/c1-10-12(3,11-2)6-4-5-8-7-9;1-8-11(9-2,10-3)6-4-5-7/h4-6H2,1-3H3;4-7H2,1-3H3.